The van der Waals surface area contributed by atoms with E-state index < -0.39 is 0 Å². The third-order valence-electron chi connectivity index (χ3n) is 5.20. The molecule has 1 aromatic carbocycles. The fourth-order valence-corrected chi connectivity index (χ4v) is 3.66. The molecule has 1 N–H and O–H groups in total. The zero-order valence-corrected chi connectivity index (χ0v) is 13.5. The number of aromatic amines is 1. The van der Waals surface area contributed by atoms with Crippen molar-refractivity contribution in [2.75, 3.05) is 7.11 Å². The Bertz CT molecular complexity index is 678. The summed E-state index contributed by atoms with van der Waals surface area (Å²) in [5.74, 6) is 0.524. The molecule has 2 heteroatoms. The van der Waals surface area contributed by atoms with Crippen LogP contribution < -0.4 is 0 Å². The predicted octanol–water partition coefficient (Wildman–Crippen LogP) is 4.86. The van der Waals surface area contributed by atoms with Gasteiger partial charge in [0.1, 0.15) is 0 Å². The van der Waals surface area contributed by atoms with E-state index in [1.807, 2.05) is 7.11 Å². The van der Waals surface area contributed by atoms with Crippen LogP contribution in [0.4, 0.5) is 0 Å². The van der Waals surface area contributed by atoms with Crippen LogP contribution in [0.15, 0.2) is 41.6 Å². The number of hydrogen-bond acceptors (Lipinski definition) is 1. The zero-order chi connectivity index (χ0) is 15.0. The summed E-state index contributed by atoms with van der Waals surface area (Å²) in [6, 6.07) is 8.56. The molecule has 0 fully saturated rings. The van der Waals surface area contributed by atoms with Gasteiger partial charge in [-0.05, 0) is 51.7 Å². The largest absolute Gasteiger partial charge is 0.378 e. The van der Waals surface area contributed by atoms with Gasteiger partial charge in [-0.1, -0.05) is 29.3 Å². The van der Waals surface area contributed by atoms with E-state index in [2.05, 4.69) is 56.2 Å². The minimum Gasteiger partial charge on any atom is -0.378 e. The Morgan fingerprint density at radius 1 is 1.29 bits per heavy atom. The summed E-state index contributed by atoms with van der Waals surface area (Å²) in [6.45, 7) is 6.72. The van der Waals surface area contributed by atoms with Gasteiger partial charge in [0.25, 0.3) is 0 Å². The quantitative estimate of drug-likeness (QED) is 0.796. The molecule has 1 aliphatic carbocycles. The van der Waals surface area contributed by atoms with Crippen LogP contribution in [0.2, 0.25) is 0 Å². The SMILES string of the molecule is COC(C)(C)C1CCC(C)=C1Cc1c[nH]c2ccccc12. The highest BCUT2D eigenvalue weighted by atomic mass is 16.5. The van der Waals surface area contributed by atoms with Gasteiger partial charge in [0.2, 0.25) is 0 Å². The first kappa shape index (κ1) is 14.4. The maximum Gasteiger partial charge on any atom is 0.0688 e. The molecule has 2 nitrogen and oxygen atoms in total. The van der Waals surface area contributed by atoms with E-state index in [-0.39, 0.29) is 5.60 Å². The van der Waals surface area contributed by atoms with Crippen LogP contribution >= 0.6 is 0 Å². The summed E-state index contributed by atoms with van der Waals surface area (Å²) in [5, 5.41) is 1.35. The van der Waals surface area contributed by atoms with E-state index in [0.29, 0.717) is 5.92 Å². The average Bonchev–Trinajstić information content (AvgIpc) is 3.05. The van der Waals surface area contributed by atoms with E-state index >= 15 is 0 Å². The van der Waals surface area contributed by atoms with Gasteiger partial charge in [-0.15, -0.1) is 0 Å². The fraction of sp³-hybridized carbons (Fsp3) is 0.474. The minimum absolute atomic E-state index is 0.0841. The molecule has 21 heavy (non-hydrogen) atoms. The van der Waals surface area contributed by atoms with E-state index in [9.17, 15) is 0 Å². The van der Waals surface area contributed by atoms with Crippen LogP contribution in [0.25, 0.3) is 10.9 Å². The molecule has 0 spiro atoms. The number of H-pyrrole nitrogens is 1. The number of benzene rings is 1. The maximum absolute atomic E-state index is 5.76. The number of hydrogen-bond donors (Lipinski definition) is 1. The Morgan fingerprint density at radius 3 is 2.81 bits per heavy atom. The number of methoxy groups -OCH3 is 1. The normalized spacial score (nSPS) is 19.7. The molecule has 1 heterocycles. The summed E-state index contributed by atoms with van der Waals surface area (Å²) in [4.78, 5) is 3.39. The van der Waals surface area contributed by atoms with Crippen molar-refractivity contribution in [2.45, 2.75) is 45.6 Å². The molecule has 0 amide bonds. The monoisotopic (exact) mass is 283 g/mol. The van der Waals surface area contributed by atoms with Crippen LogP contribution in [0, 0.1) is 5.92 Å². The Hall–Kier alpha value is -1.54. The molecular weight excluding hydrogens is 258 g/mol. The van der Waals surface area contributed by atoms with Crippen molar-refractivity contribution in [2.24, 2.45) is 5.92 Å². The molecule has 0 saturated heterocycles. The molecule has 1 unspecified atom stereocenters. The molecule has 1 aliphatic rings. The third kappa shape index (κ3) is 2.53. The highest BCUT2D eigenvalue weighted by Crippen LogP contribution is 2.42. The second-order valence-corrected chi connectivity index (χ2v) is 6.74. The summed E-state index contributed by atoms with van der Waals surface area (Å²) < 4.78 is 5.76. The van der Waals surface area contributed by atoms with E-state index in [1.165, 1.54) is 29.3 Å². The number of rotatable bonds is 4. The molecule has 1 atom stereocenters. The number of fused-ring (bicyclic) bond motifs is 1. The van der Waals surface area contributed by atoms with Crippen LogP contribution in [-0.2, 0) is 11.2 Å². The van der Waals surface area contributed by atoms with Crippen molar-refractivity contribution < 1.29 is 4.74 Å². The molecule has 0 aliphatic heterocycles. The summed E-state index contributed by atoms with van der Waals surface area (Å²) in [5.41, 5.74) is 5.67. The van der Waals surface area contributed by atoms with Crippen molar-refractivity contribution in [3.8, 4) is 0 Å². The summed E-state index contributed by atoms with van der Waals surface area (Å²) >= 11 is 0. The van der Waals surface area contributed by atoms with Crippen molar-refractivity contribution in [3.63, 3.8) is 0 Å². The Kier molecular flexibility index (Phi) is 3.66. The van der Waals surface area contributed by atoms with Crippen molar-refractivity contribution in [1.82, 2.24) is 4.98 Å². The van der Waals surface area contributed by atoms with Gasteiger partial charge >= 0.3 is 0 Å². The Balaban J connectivity index is 1.94. The first-order chi connectivity index (χ1) is 10.0. The van der Waals surface area contributed by atoms with Gasteiger partial charge in [0.15, 0.2) is 0 Å². The van der Waals surface area contributed by atoms with Gasteiger partial charge in [-0.2, -0.15) is 0 Å². The van der Waals surface area contributed by atoms with Crippen molar-refractivity contribution in [3.05, 3.63) is 47.2 Å². The van der Waals surface area contributed by atoms with Gasteiger partial charge in [0.05, 0.1) is 5.60 Å². The third-order valence-corrected chi connectivity index (χ3v) is 5.20. The summed E-state index contributed by atoms with van der Waals surface area (Å²) in [7, 11) is 1.83. The lowest BCUT2D eigenvalue weighted by Gasteiger charge is -2.32. The predicted molar refractivity (Wildman–Crippen MR) is 88.5 cm³/mol. The smallest absolute Gasteiger partial charge is 0.0688 e. The maximum atomic E-state index is 5.76. The number of para-hydroxylation sites is 1. The molecule has 112 valence electrons. The van der Waals surface area contributed by atoms with Crippen LogP contribution in [0.3, 0.4) is 0 Å². The minimum atomic E-state index is -0.0841. The highest BCUT2D eigenvalue weighted by Gasteiger charge is 2.36. The fourth-order valence-electron chi connectivity index (χ4n) is 3.66. The molecule has 3 rings (SSSR count). The Labute approximate surface area is 127 Å². The number of allylic oxidation sites excluding steroid dienone is 1. The van der Waals surface area contributed by atoms with Gasteiger partial charge < -0.3 is 9.72 Å². The van der Waals surface area contributed by atoms with Gasteiger partial charge in [0, 0.05) is 30.1 Å². The van der Waals surface area contributed by atoms with E-state index in [0.717, 1.165) is 6.42 Å². The topological polar surface area (TPSA) is 25.0 Å². The number of ether oxygens (including phenoxy) is 1. The van der Waals surface area contributed by atoms with Gasteiger partial charge in [-0.25, -0.2) is 0 Å². The molecule has 1 aromatic heterocycles. The molecule has 0 saturated carbocycles. The molecule has 2 aromatic rings. The van der Waals surface area contributed by atoms with E-state index in [1.54, 1.807) is 11.1 Å². The lowest BCUT2D eigenvalue weighted by atomic mass is 9.82. The van der Waals surface area contributed by atoms with Crippen LogP contribution in [0.1, 0.15) is 39.2 Å². The molecular formula is C19H25NO. The summed E-state index contributed by atoms with van der Waals surface area (Å²) in [6.07, 6.45) is 5.62. The lowest BCUT2D eigenvalue weighted by Crippen LogP contribution is -2.33. The van der Waals surface area contributed by atoms with Gasteiger partial charge in [-0.3, -0.25) is 0 Å². The number of aromatic nitrogens is 1. The second kappa shape index (κ2) is 5.34. The first-order valence-corrected chi connectivity index (χ1v) is 7.81. The van der Waals surface area contributed by atoms with Crippen molar-refractivity contribution in [1.29, 1.82) is 0 Å². The van der Waals surface area contributed by atoms with Crippen LogP contribution in [0.5, 0.6) is 0 Å². The second-order valence-electron chi connectivity index (χ2n) is 6.74. The number of nitrogens with one attached hydrogen (secondary N) is 1. The molecule has 0 radical (unpaired) electrons. The zero-order valence-electron chi connectivity index (χ0n) is 13.5. The first-order valence-electron chi connectivity index (χ1n) is 7.81. The lowest BCUT2D eigenvalue weighted by molar-refractivity contribution is -0.0159. The Morgan fingerprint density at radius 2 is 2.05 bits per heavy atom. The van der Waals surface area contributed by atoms with Crippen LogP contribution in [-0.4, -0.2) is 17.7 Å². The van der Waals surface area contributed by atoms with Crippen molar-refractivity contribution >= 4 is 10.9 Å². The molecule has 0 bridgehead atoms. The van der Waals surface area contributed by atoms with E-state index in [4.69, 9.17) is 4.74 Å². The average molecular weight is 283 g/mol. The standard InChI is InChI=1S/C19H25NO/c1-13-9-10-17(19(2,3)21-4)16(13)11-14-12-20-18-8-6-5-7-15(14)18/h5-8,12,17,20H,9-11H2,1-4H3. The highest BCUT2D eigenvalue weighted by molar-refractivity contribution is 5.83.